The second-order valence-corrected chi connectivity index (χ2v) is 5.06. The van der Waals surface area contributed by atoms with E-state index in [1.807, 2.05) is 13.8 Å². The van der Waals surface area contributed by atoms with Crippen LogP contribution in [0.4, 0.5) is 5.69 Å². The maximum Gasteiger partial charge on any atom is 0.289 e. The predicted molar refractivity (Wildman–Crippen MR) is 81.7 cm³/mol. The van der Waals surface area contributed by atoms with Crippen LogP contribution in [0.2, 0.25) is 0 Å². The summed E-state index contributed by atoms with van der Waals surface area (Å²) in [5.41, 5.74) is 0.712. The van der Waals surface area contributed by atoms with Crippen molar-refractivity contribution in [1.82, 2.24) is 4.90 Å². The van der Waals surface area contributed by atoms with Crippen molar-refractivity contribution in [2.75, 3.05) is 7.05 Å². The van der Waals surface area contributed by atoms with Crippen LogP contribution in [0.1, 0.15) is 41.8 Å². The molecule has 0 aliphatic heterocycles. The molecule has 116 valence electrons. The number of carbonyl (C=O) groups is 1. The monoisotopic (exact) mass is 302 g/mol. The summed E-state index contributed by atoms with van der Waals surface area (Å²) < 4.78 is 5.46. The summed E-state index contributed by atoms with van der Waals surface area (Å²) in [6.45, 7) is 3.77. The van der Waals surface area contributed by atoms with Gasteiger partial charge >= 0.3 is 0 Å². The van der Waals surface area contributed by atoms with Crippen molar-refractivity contribution in [3.63, 3.8) is 0 Å². The van der Waals surface area contributed by atoms with E-state index in [9.17, 15) is 14.9 Å². The second-order valence-electron chi connectivity index (χ2n) is 5.06. The van der Waals surface area contributed by atoms with E-state index in [2.05, 4.69) is 0 Å². The lowest BCUT2D eigenvalue weighted by molar-refractivity contribution is -0.384. The zero-order chi connectivity index (χ0) is 16.3. The van der Waals surface area contributed by atoms with Crippen LogP contribution in [0.3, 0.4) is 0 Å². The lowest BCUT2D eigenvalue weighted by Gasteiger charge is -2.24. The highest BCUT2D eigenvalue weighted by molar-refractivity contribution is 5.91. The Balaban J connectivity index is 2.20. The van der Waals surface area contributed by atoms with Crippen molar-refractivity contribution >= 4 is 11.6 Å². The number of rotatable bonds is 5. The van der Waals surface area contributed by atoms with Crippen LogP contribution in [0.15, 0.2) is 40.8 Å². The van der Waals surface area contributed by atoms with E-state index in [0.29, 0.717) is 5.56 Å². The summed E-state index contributed by atoms with van der Waals surface area (Å²) in [6.07, 6.45) is 0.720. The maximum atomic E-state index is 12.4. The molecular weight excluding hydrogens is 284 g/mol. The number of benzene rings is 1. The van der Waals surface area contributed by atoms with Crippen molar-refractivity contribution in [3.8, 4) is 0 Å². The molecule has 1 amide bonds. The van der Waals surface area contributed by atoms with Crippen LogP contribution in [0.5, 0.6) is 0 Å². The summed E-state index contributed by atoms with van der Waals surface area (Å²) in [6, 6.07) is 9.41. The number of nitro benzene ring substituents is 1. The van der Waals surface area contributed by atoms with Gasteiger partial charge in [-0.15, -0.1) is 0 Å². The van der Waals surface area contributed by atoms with Gasteiger partial charge < -0.3 is 9.32 Å². The van der Waals surface area contributed by atoms with Gasteiger partial charge in [0.2, 0.25) is 0 Å². The third-order valence-electron chi connectivity index (χ3n) is 3.69. The Morgan fingerprint density at radius 1 is 1.36 bits per heavy atom. The number of nitro groups is 1. The third kappa shape index (κ3) is 3.16. The number of amides is 1. The van der Waals surface area contributed by atoms with Crippen LogP contribution >= 0.6 is 0 Å². The molecule has 6 heteroatoms. The number of hydrogen-bond donors (Lipinski definition) is 0. The molecule has 1 atom stereocenters. The first-order chi connectivity index (χ1) is 10.4. The van der Waals surface area contributed by atoms with Crippen LogP contribution in [-0.4, -0.2) is 22.8 Å². The Kier molecular flexibility index (Phi) is 4.60. The Morgan fingerprint density at radius 2 is 2.09 bits per heavy atom. The van der Waals surface area contributed by atoms with Crippen LogP contribution < -0.4 is 0 Å². The molecule has 2 aromatic rings. The fourth-order valence-electron chi connectivity index (χ4n) is 2.15. The molecule has 0 radical (unpaired) electrons. The van der Waals surface area contributed by atoms with E-state index in [-0.39, 0.29) is 23.4 Å². The molecule has 0 bridgehead atoms. The third-order valence-corrected chi connectivity index (χ3v) is 3.69. The molecular formula is C16H18N2O4. The molecule has 0 saturated heterocycles. The van der Waals surface area contributed by atoms with Crippen molar-refractivity contribution in [2.45, 2.75) is 26.3 Å². The summed E-state index contributed by atoms with van der Waals surface area (Å²) in [5.74, 6) is 0.773. The van der Waals surface area contributed by atoms with Gasteiger partial charge in [0.15, 0.2) is 5.76 Å². The van der Waals surface area contributed by atoms with Gasteiger partial charge in [-0.2, -0.15) is 0 Å². The smallest absolute Gasteiger partial charge is 0.289 e. The zero-order valence-electron chi connectivity index (χ0n) is 12.8. The summed E-state index contributed by atoms with van der Waals surface area (Å²) in [7, 11) is 1.65. The second kappa shape index (κ2) is 6.43. The van der Waals surface area contributed by atoms with E-state index in [1.165, 1.54) is 17.0 Å². The van der Waals surface area contributed by atoms with Crippen LogP contribution in [0, 0.1) is 10.1 Å². The topological polar surface area (TPSA) is 76.6 Å². The highest BCUT2D eigenvalue weighted by atomic mass is 16.6. The van der Waals surface area contributed by atoms with Crippen molar-refractivity contribution in [1.29, 1.82) is 0 Å². The minimum atomic E-state index is -0.446. The highest BCUT2D eigenvalue weighted by Crippen LogP contribution is 2.24. The van der Waals surface area contributed by atoms with Gasteiger partial charge in [0.05, 0.1) is 11.0 Å². The molecule has 22 heavy (non-hydrogen) atoms. The SMILES string of the molecule is CCc1ccc(C(=O)N(C)C(C)c2cccc([N+](=O)[O-])c2)o1. The molecule has 0 aliphatic rings. The van der Waals surface area contributed by atoms with Gasteiger partial charge in [0.1, 0.15) is 5.76 Å². The lowest BCUT2D eigenvalue weighted by Crippen LogP contribution is -2.29. The van der Waals surface area contributed by atoms with Gasteiger partial charge in [-0.3, -0.25) is 14.9 Å². The Morgan fingerprint density at radius 3 is 2.68 bits per heavy atom. The maximum absolute atomic E-state index is 12.4. The predicted octanol–water partition coefficient (Wildman–Crippen LogP) is 3.58. The molecule has 0 aliphatic carbocycles. The first-order valence-electron chi connectivity index (χ1n) is 7.04. The standard InChI is InChI=1S/C16H18N2O4/c1-4-14-8-9-15(22-14)16(19)17(3)11(2)12-6-5-7-13(10-12)18(20)21/h5-11H,4H2,1-3H3. The number of aryl methyl sites for hydroxylation is 1. The molecule has 0 saturated carbocycles. The van der Waals surface area contributed by atoms with E-state index in [1.54, 1.807) is 31.3 Å². The number of carbonyl (C=O) groups excluding carboxylic acids is 1. The van der Waals surface area contributed by atoms with Gasteiger partial charge in [-0.05, 0) is 24.6 Å². The van der Waals surface area contributed by atoms with Gasteiger partial charge in [-0.1, -0.05) is 19.1 Å². The molecule has 1 aromatic heterocycles. The average Bonchev–Trinajstić information content (AvgIpc) is 3.01. The van der Waals surface area contributed by atoms with Crippen LogP contribution in [-0.2, 0) is 6.42 Å². The van der Waals surface area contributed by atoms with E-state index in [0.717, 1.165) is 12.2 Å². The van der Waals surface area contributed by atoms with Crippen molar-refractivity contribution < 1.29 is 14.1 Å². The Bertz CT molecular complexity index is 693. The van der Waals surface area contributed by atoms with E-state index >= 15 is 0 Å². The van der Waals surface area contributed by atoms with Gasteiger partial charge in [0.25, 0.3) is 11.6 Å². The number of hydrogen-bond acceptors (Lipinski definition) is 4. The van der Waals surface area contributed by atoms with Crippen LogP contribution in [0.25, 0.3) is 0 Å². The largest absolute Gasteiger partial charge is 0.456 e. The Hall–Kier alpha value is -2.63. The molecule has 1 aromatic carbocycles. The summed E-state index contributed by atoms with van der Waals surface area (Å²) >= 11 is 0. The summed E-state index contributed by atoms with van der Waals surface area (Å²) in [5, 5.41) is 10.8. The summed E-state index contributed by atoms with van der Waals surface area (Å²) in [4.78, 5) is 24.3. The molecule has 1 heterocycles. The number of furan rings is 1. The fourth-order valence-corrected chi connectivity index (χ4v) is 2.15. The molecule has 0 fully saturated rings. The molecule has 0 N–H and O–H groups in total. The normalized spacial score (nSPS) is 12.0. The lowest BCUT2D eigenvalue weighted by atomic mass is 10.1. The van der Waals surface area contributed by atoms with E-state index in [4.69, 9.17) is 4.42 Å². The number of nitrogens with zero attached hydrogens (tertiary/aromatic N) is 2. The molecule has 0 spiro atoms. The fraction of sp³-hybridized carbons (Fsp3) is 0.312. The molecule has 1 unspecified atom stereocenters. The Labute approximate surface area is 128 Å². The molecule has 2 rings (SSSR count). The highest BCUT2D eigenvalue weighted by Gasteiger charge is 2.22. The van der Waals surface area contributed by atoms with Crippen molar-refractivity contribution in [3.05, 3.63) is 63.6 Å². The first kappa shape index (κ1) is 15.8. The first-order valence-corrected chi connectivity index (χ1v) is 7.04. The average molecular weight is 302 g/mol. The zero-order valence-corrected chi connectivity index (χ0v) is 12.8. The molecule has 6 nitrogen and oxygen atoms in total. The minimum Gasteiger partial charge on any atom is -0.456 e. The van der Waals surface area contributed by atoms with E-state index < -0.39 is 4.92 Å². The minimum absolute atomic E-state index is 0.0106. The van der Waals surface area contributed by atoms with Gasteiger partial charge in [0, 0.05) is 25.6 Å². The quantitative estimate of drug-likeness (QED) is 0.624. The number of non-ortho nitro benzene ring substituents is 1. The van der Waals surface area contributed by atoms with Gasteiger partial charge in [-0.25, -0.2) is 0 Å². The van der Waals surface area contributed by atoms with Crippen molar-refractivity contribution in [2.24, 2.45) is 0 Å².